The second kappa shape index (κ2) is 7.37. The van der Waals surface area contributed by atoms with Gasteiger partial charge in [0.1, 0.15) is 0 Å². The number of alkyl halides is 1. The van der Waals surface area contributed by atoms with E-state index in [4.69, 9.17) is 0 Å². The number of hydrogen-bond acceptors (Lipinski definition) is 1. The van der Waals surface area contributed by atoms with Gasteiger partial charge in [-0.25, -0.2) is 8.78 Å². The lowest BCUT2D eigenvalue weighted by Gasteiger charge is -2.06. The lowest BCUT2D eigenvalue weighted by molar-refractivity contribution is 0.0948. The number of unbranched alkanes of at least 4 members (excludes halogenated alkanes) is 2. The predicted molar refractivity (Wildman–Crippen MR) is 66.3 cm³/mol. The fourth-order valence-electron chi connectivity index (χ4n) is 1.37. The monoisotopic (exact) mass is 305 g/mol. The largest absolute Gasteiger partial charge is 0.352 e. The zero-order valence-corrected chi connectivity index (χ0v) is 10.9. The zero-order chi connectivity index (χ0) is 12.7. The molecule has 0 fully saturated rings. The van der Waals surface area contributed by atoms with Crippen molar-refractivity contribution in [3.8, 4) is 0 Å². The number of halogens is 3. The smallest absolute Gasteiger partial charge is 0.254 e. The SMILES string of the molecule is O=C(NCCCCCBr)c1cccc(F)c1F. The molecule has 0 aliphatic carbocycles. The van der Waals surface area contributed by atoms with Gasteiger partial charge in [0.2, 0.25) is 0 Å². The van der Waals surface area contributed by atoms with Crippen molar-refractivity contribution in [2.45, 2.75) is 19.3 Å². The molecule has 0 bridgehead atoms. The second-order valence-electron chi connectivity index (χ2n) is 3.61. The standard InChI is InChI=1S/C12H14BrF2NO/c13-7-2-1-3-8-16-12(17)9-5-4-6-10(14)11(9)15/h4-6H,1-3,7-8H2,(H,16,17). The van der Waals surface area contributed by atoms with Crippen LogP contribution >= 0.6 is 15.9 Å². The van der Waals surface area contributed by atoms with Gasteiger partial charge in [0, 0.05) is 11.9 Å². The second-order valence-corrected chi connectivity index (χ2v) is 4.40. The van der Waals surface area contributed by atoms with E-state index in [0.29, 0.717) is 6.54 Å². The van der Waals surface area contributed by atoms with Gasteiger partial charge in [-0.15, -0.1) is 0 Å². The molecule has 0 spiro atoms. The molecule has 5 heteroatoms. The Labute approximate surface area is 108 Å². The maximum absolute atomic E-state index is 13.2. The molecule has 1 aromatic carbocycles. The zero-order valence-electron chi connectivity index (χ0n) is 9.31. The predicted octanol–water partition coefficient (Wildman–Crippen LogP) is 3.26. The van der Waals surface area contributed by atoms with E-state index in [1.807, 2.05) is 0 Å². The summed E-state index contributed by atoms with van der Waals surface area (Å²) in [4.78, 5) is 11.5. The van der Waals surface area contributed by atoms with Crippen LogP contribution in [0.4, 0.5) is 8.78 Å². The average molecular weight is 306 g/mol. The molecule has 1 aromatic rings. The Morgan fingerprint density at radius 2 is 2.00 bits per heavy atom. The minimum absolute atomic E-state index is 0.245. The van der Waals surface area contributed by atoms with Gasteiger partial charge in [-0.3, -0.25) is 4.79 Å². The fraction of sp³-hybridized carbons (Fsp3) is 0.417. The van der Waals surface area contributed by atoms with Crippen LogP contribution in [0.15, 0.2) is 18.2 Å². The highest BCUT2D eigenvalue weighted by Gasteiger charge is 2.13. The van der Waals surface area contributed by atoms with E-state index in [1.165, 1.54) is 12.1 Å². The Morgan fingerprint density at radius 1 is 1.24 bits per heavy atom. The summed E-state index contributed by atoms with van der Waals surface area (Å²) in [6, 6.07) is 3.58. The summed E-state index contributed by atoms with van der Waals surface area (Å²) in [6.45, 7) is 0.474. The molecule has 0 aliphatic rings. The Kier molecular flexibility index (Phi) is 6.11. The molecular weight excluding hydrogens is 292 g/mol. The van der Waals surface area contributed by atoms with Crippen LogP contribution < -0.4 is 5.32 Å². The van der Waals surface area contributed by atoms with Gasteiger partial charge in [-0.1, -0.05) is 28.4 Å². The minimum atomic E-state index is -1.09. The molecule has 0 aliphatic heterocycles. The molecule has 17 heavy (non-hydrogen) atoms. The van der Waals surface area contributed by atoms with Crippen molar-refractivity contribution in [3.05, 3.63) is 35.4 Å². The molecule has 94 valence electrons. The van der Waals surface area contributed by atoms with Crippen molar-refractivity contribution in [3.63, 3.8) is 0 Å². The van der Waals surface area contributed by atoms with Gasteiger partial charge in [0.05, 0.1) is 5.56 Å². The number of nitrogens with one attached hydrogen (secondary N) is 1. The fourth-order valence-corrected chi connectivity index (χ4v) is 1.77. The number of benzene rings is 1. The van der Waals surface area contributed by atoms with E-state index in [-0.39, 0.29) is 5.56 Å². The third kappa shape index (κ3) is 4.42. The summed E-state index contributed by atoms with van der Waals surface area (Å²) in [5, 5.41) is 3.50. The third-order valence-corrected chi connectivity index (χ3v) is 2.85. The Morgan fingerprint density at radius 3 is 2.71 bits per heavy atom. The summed E-state index contributed by atoms with van der Waals surface area (Å²) in [6.07, 6.45) is 2.84. The minimum Gasteiger partial charge on any atom is -0.352 e. The normalized spacial score (nSPS) is 10.3. The Balaban J connectivity index is 2.44. The van der Waals surface area contributed by atoms with E-state index >= 15 is 0 Å². The van der Waals surface area contributed by atoms with Gasteiger partial charge >= 0.3 is 0 Å². The van der Waals surface area contributed by atoms with E-state index in [9.17, 15) is 13.6 Å². The van der Waals surface area contributed by atoms with Crippen molar-refractivity contribution in [2.24, 2.45) is 0 Å². The number of hydrogen-bond donors (Lipinski definition) is 1. The first-order chi connectivity index (χ1) is 8.16. The van der Waals surface area contributed by atoms with Crippen LogP contribution in [0, 0.1) is 11.6 Å². The molecule has 0 aromatic heterocycles. The van der Waals surface area contributed by atoms with E-state index < -0.39 is 17.5 Å². The summed E-state index contributed by atoms with van der Waals surface area (Å²) >= 11 is 3.31. The summed E-state index contributed by atoms with van der Waals surface area (Å²) in [5.74, 6) is -2.66. The van der Waals surface area contributed by atoms with Crippen molar-refractivity contribution in [1.29, 1.82) is 0 Å². The number of carbonyl (C=O) groups is 1. The summed E-state index contributed by atoms with van der Waals surface area (Å²) < 4.78 is 26.1. The molecule has 0 saturated carbocycles. The number of rotatable bonds is 6. The van der Waals surface area contributed by atoms with Crippen LogP contribution in [0.1, 0.15) is 29.6 Å². The van der Waals surface area contributed by atoms with Crippen LogP contribution in [0.5, 0.6) is 0 Å². The summed E-state index contributed by atoms with van der Waals surface area (Å²) in [5.41, 5.74) is -0.245. The van der Waals surface area contributed by atoms with Gasteiger partial charge in [0.15, 0.2) is 11.6 Å². The quantitative estimate of drug-likeness (QED) is 0.634. The molecule has 0 heterocycles. The van der Waals surface area contributed by atoms with Crippen LogP contribution in [0.2, 0.25) is 0 Å². The maximum atomic E-state index is 13.2. The molecule has 1 rings (SSSR count). The van der Waals surface area contributed by atoms with Gasteiger partial charge in [0.25, 0.3) is 5.91 Å². The van der Waals surface area contributed by atoms with E-state index in [2.05, 4.69) is 21.2 Å². The lowest BCUT2D eigenvalue weighted by atomic mass is 10.2. The topological polar surface area (TPSA) is 29.1 Å². The maximum Gasteiger partial charge on any atom is 0.254 e. The first-order valence-electron chi connectivity index (χ1n) is 5.45. The van der Waals surface area contributed by atoms with Gasteiger partial charge in [-0.05, 0) is 25.0 Å². The van der Waals surface area contributed by atoms with Crippen molar-refractivity contribution >= 4 is 21.8 Å². The first kappa shape index (κ1) is 14.1. The molecule has 0 saturated heterocycles. The van der Waals surface area contributed by atoms with E-state index in [1.54, 1.807) is 0 Å². The number of carbonyl (C=O) groups excluding carboxylic acids is 1. The third-order valence-electron chi connectivity index (χ3n) is 2.29. The van der Waals surface area contributed by atoms with Crippen molar-refractivity contribution in [1.82, 2.24) is 5.32 Å². The van der Waals surface area contributed by atoms with Gasteiger partial charge < -0.3 is 5.32 Å². The Hall–Kier alpha value is -0.970. The highest BCUT2D eigenvalue weighted by atomic mass is 79.9. The number of amides is 1. The molecule has 0 radical (unpaired) electrons. The first-order valence-corrected chi connectivity index (χ1v) is 6.57. The van der Waals surface area contributed by atoms with E-state index in [0.717, 1.165) is 30.7 Å². The van der Waals surface area contributed by atoms with Crippen LogP contribution in [-0.2, 0) is 0 Å². The molecular formula is C12H14BrF2NO. The van der Waals surface area contributed by atoms with Crippen molar-refractivity contribution < 1.29 is 13.6 Å². The highest BCUT2D eigenvalue weighted by Crippen LogP contribution is 2.11. The molecule has 1 N–H and O–H groups in total. The van der Waals surface area contributed by atoms with Gasteiger partial charge in [-0.2, -0.15) is 0 Å². The van der Waals surface area contributed by atoms with Crippen molar-refractivity contribution in [2.75, 3.05) is 11.9 Å². The molecule has 0 atom stereocenters. The average Bonchev–Trinajstić information content (AvgIpc) is 2.32. The summed E-state index contributed by atoms with van der Waals surface area (Å²) in [7, 11) is 0. The molecule has 1 amide bonds. The van der Waals surface area contributed by atoms with Crippen LogP contribution in [-0.4, -0.2) is 17.8 Å². The lowest BCUT2D eigenvalue weighted by Crippen LogP contribution is -2.25. The Bertz CT molecular complexity index is 385. The molecule has 0 unspecified atom stereocenters. The van der Waals surface area contributed by atoms with Crippen LogP contribution in [0.3, 0.4) is 0 Å². The van der Waals surface area contributed by atoms with Crippen LogP contribution in [0.25, 0.3) is 0 Å². The highest BCUT2D eigenvalue weighted by molar-refractivity contribution is 9.09. The molecule has 2 nitrogen and oxygen atoms in total.